The second-order valence-corrected chi connectivity index (χ2v) is 4.16. The van der Waals surface area contributed by atoms with Crippen LogP contribution in [0, 0.1) is 4.77 Å². The molecule has 1 aromatic heterocycles. The Kier molecular flexibility index (Phi) is 3.17. The van der Waals surface area contributed by atoms with E-state index in [1.807, 2.05) is 24.3 Å². The second kappa shape index (κ2) is 4.59. The van der Waals surface area contributed by atoms with E-state index >= 15 is 0 Å². The maximum absolute atomic E-state index is 5.48. The highest BCUT2D eigenvalue weighted by Gasteiger charge is 1.98. The van der Waals surface area contributed by atoms with E-state index in [1.165, 1.54) is 0 Å². The van der Waals surface area contributed by atoms with Crippen LogP contribution in [0.5, 0.6) is 5.75 Å². The van der Waals surface area contributed by atoms with E-state index < -0.39 is 0 Å². The Morgan fingerprint density at radius 1 is 1.27 bits per heavy atom. The van der Waals surface area contributed by atoms with Gasteiger partial charge in [-0.3, -0.25) is 10.2 Å². The third-order valence-corrected chi connectivity index (χ3v) is 2.46. The molecule has 0 fully saturated rings. The summed E-state index contributed by atoms with van der Waals surface area (Å²) in [6, 6.07) is 7.60. The van der Waals surface area contributed by atoms with Crippen molar-refractivity contribution in [2.24, 2.45) is 0 Å². The fourth-order valence-electron chi connectivity index (χ4n) is 1.05. The maximum atomic E-state index is 5.48. The Bertz CT molecular complexity index is 491. The number of aromatic nitrogens is 3. The smallest absolute Gasteiger partial charge is 0.213 e. The number of hydrogen-bond acceptors (Lipinski definition) is 3. The zero-order chi connectivity index (χ0) is 10.7. The molecule has 0 bridgehead atoms. The summed E-state index contributed by atoms with van der Waals surface area (Å²) in [5.41, 5.74) is 0. The van der Waals surface area contributed by atoms with E-state index in [-0.39, 0.29) is 0 Å². The topological polar surface area (TPSA) is 53.7 Å². The molecule has 0 amide bonds. The van der Waals surface area contributed by atoms with Crippen LogP contribution < -0.4 is 4.74 Å². The summed E-state index contributed by atoms with van der Waals surface area (Å²) in [6.45, 7) is 0.370. The summed E-state index contributed by atoms with van der Waals surface area (Å²) >= 11 is 8.17. The lowest BCUT2D eigenvalue weighted by Gasteiger charge is -2.03. The van der Waals surface area contributed by atoms with Crippen LogP contribution in [0.2, 0.25) is 0 Å². The summed E-state index contributed by atoms with van der Waals surface area (Å²) in [7, 11) is 0. The van der Waals surface area contributed by atoms with E-state index in [4.69, 9.17) is 17.0 Å². The van der Waals surface area contributed by atoms with E-state index in [0.717, 1.165) is 10.2 Å². The molecule has 0 radical (unpaired) electrons. The Morgan fingerprint density at radius 3 is 2.60 bits per heavy atom. The molecule has 0 aliphatic heterocycles. The van der Waals surface area contributed by atoms with Gasteiger partial charge in [0.1, 0.15) is 12.4 Å². The fraction of sp³-hybridized carbons (Fsp3) is 0.111. The molecule has 0 saturated heterocycles. The zero-order valence-corrected chi connectivity index (χ0v) is 10.1. The Balaban J connectivity index is 1.99. The van der Waals surface area contributed by atoms with Gasteiger partial charge in [-0.05, 0) is 36.5 Å². The van der Waals surface area contributed by atoms with E-state index in [0.29, 0.717) is 17.2 Å². The molecule has 6 heteroatoms. The van der Waals surface area contributed by atoms with Crippen molar-refractivity contribution in [1.82, 2.24) is 15.2 Å². The van der Waals surface area contributed by atoms with Crippen LogP contribution in [0.1, 0.15) is 5.82 Å². The summed E-state index contributed by atoms with van der Waals surface area (Å²) in [5.74, 6) is 1.48. The fourth-order valence-corrected chi connectivity index (χ4v) is 1.48. The molecule has 0 atom stereocenters. The third-order valence-electron chi connectivity index (χ3n) is 1.74. The van der Waals surface area contributed by atoms with Crippen LogP contribution in [0.4, 0.5) is 0 Å². The number of nitrogens with zero attached hydrogens (tertiary/aromatic N) is 1. The van der Waals surface area contributed by atoms with Gasteiger partial charge >= 0.3 is 0 Å². The van der Waals surface area contributed by atoms with Gasteiger partial charge in [0.2, 0.25) is 4.77 Å². The lowest BCUT2D eigenvalue weighted by Crippen LogP contribution is -1.97. The van der Waals surface area contributed by atoms with E-state index in [9.17, 15) is 0 Å². The van der Waals surface area contributed by atoms with Crippen LogP contribution in [0.25, 0.3) is 0 Å². The molecule has 0 spiro atoms. The minimum atomic E-state index is 0.370. The largest absolute Gasteiger partial charge is 0.486 e. The molecule has 2 N–H and O–H groups in total. The number of H-pyrrole nitrogens is 2. The van der Waals surface area contributed by atoms with Gasteiger partial charge in [0.25, 0.3) is 0 Å². The van der Waals surface area contributed by atoms with Gasteiger partial charge in [0.05, 0.1) is 0 Å². The van der Waals surface area contributed by atoms with Gasteiger partial charge in [-0.15, -0.1) is 0 Å². The normalized spacial score (nSPS) is 10.2. The first-order valence-electron chi connectivity index (χ1n) is 4.26. The van der Waals surface area contributed by atoms with E-state index in [2.05, 4.69) is 31.1 Å². The van der Waals surface area contributed by atoms with E-state index in [1.54, 1.807) is 0 Å². The number of halogens is 1. The van der Waals surface area contributed by atoms with Crippen molar-refractivity contribution in [3.63, 3.8) is 0 Å². The number of nitrogens with one attached hydrogen (secondary N) is 2. The van der Waals surface area contributed by atoms with Gasteiger partial charge in [-0.2, -0.15) is 0 Å². The lowest BCUT2D eigenvalue weighted by atomic mass is 10.3. The first-order valence-corrected chi connectivity index (χ1v) is 5.46. The van der Waals surface area contributed by atoms with Crippen molar-refractivity contribution in [3.05, 3.63) is 39.3 Å². The van der Waals surface area contributed by atoms with Crippen molar-refractivity contribution in [3.8, 4) is 5.75 Å². The molecule has 1 aromatic carbocycles. The van der Waals surface area contributed by atoms with Gasteiger partial charge in [-0.1, -0.05) is 15.9 Å². The quantitative estimate of drug-likeness (QED) is 0.853. The minimum absolute atomic E-state index is 0.370. The van der Waals surface area contributed by atoms with Crippen molar-refractivity contribution < 1.29 is 4.74 Å². The molecule has 78 valence electrons. The molecule has 2 rings (SSSR count). The van der Waals surface area contributed by atoms with Crippen molar-refractivity contribution >= 4 is 28.1 Å². The molecule has 0 aliphatic rings. The maximum Gasteiger partial charge on any atom is 0.213 e. The van der Waals surface area contributed by atoms with Crippen molar-refractivity contribution in [2.45, 2.75) is 6.61 Å². The number of aromatic amines is 2. The second-order valence-electron chi connectivity index (χ2n) is 2.86. The zero-order valence-electron chi connectivity index (χ0n) is 7.66. The highest BCUT2D eigenvalue weighted by atomic mass is 79.9. The lowest BCUT2D eigenvalue weighted by molar-refractivity contribution is 0.296. The van der Waals surface area contributed by atoms with Crippen LogP contribution in [-0.4, -0.2) is 15.2 Å². The average Bonchev–Trinajstić information content (AvgIpc) is 2.64. The molecule has 1 heterocycles. The molecule has 0 aliphatic carbocycles. The van der Waals surface area contributed by atoms with Gasteiger partial charge in [0, 0.05) is 4.47 Å². The first-order chi connectivity index (χ1) is 7.24. The average molecular weight is 286 g/mol. The Hall–Kier alpha value is -1.14. The highest BCUT2D eigenvalue weighted by Crippen LogP contribution is 2.16. The number of hydrogen-bond donors (Lipinski definition) is 2. The van der Waals surface area contributed by atoms with Crippen LogP contribution in [0.3, 0.4) is 0 Å². The SMILES string of the molecule is S=c1nc(COc2ccc(Br)cc2)[nH][nH]1. The highest BCUT2D eigenvalue weighted by molar-refractivity contribution is 9.10. The van der Waals surface area contributed by atoms with Crippen LogP contribution in [-0.2, 0) is 6.61 Å². The summed E-state index contributed by atoms with van der Waals surface area (Å²) < 4.78 is 6.94. The van der Waals surface area contributed by atoms with Crippen molar-refractivity contribution in [1.29, 1.82) is 0 Å². The molecule has 0 unspecified atom stereocenters. The predicted octanol–water partition coefficient (Wildman–Crippen LogP) is 2.81. The van der Waals surface area contributed by atoms with Crippen LogP contribution in [0.15, 0.2) is 28.7 Å². The number of rotatable bonds is 3. The molecular formula is C9H8BrN3OS. The number of benzene rings is 1. The molecule has 15 heavy (non-hydrogen) atoms. The van der Waals surface area contributed by atoms with Gasteiger partial charge in [-0.25, -0.2) is 4.98 Å². The number of ether oxygens (including phenoxy) is 1. The van der Waals surface area contributed by atoms with Crippen LogP contribution >= 0.6 is 28.1 Å². The molecular weight excluding hydrogens is 278 g/mol. The Morgan fingerprint density at radius 2 is 2.00 bits per heavy atom. The summed E-state index contributed by atoms with van der Waals surface area (Å²) in [5, 5.41) is 5.52. The predicted molar refractivity (Wildman–Crippen MR) is 62.2 cm³/mol. The van der Waals surface area contributed by atoms with Crippen molar-refractivity contribution in [2.75, 3.05) is 0 Å². The van der Waals surface area contributed by atoms with Gasteiger partial charge < -0.3 is 4.74 Å². The Labute approximate surface area is 99.8 Å². The standard InChI is InChI=1S/C9H8BrN3OS/c10-6-1-3-7(4-2-6)14-5-8-11-9(15)13-12-8/h1-4H,5H2,(H2,11,12,13,15). The minimum Gasteiger partial charge on any atom is -0.486 e. The summed E-state index contributed by atoms with van der Waals surface area (Å²) in [4.78, 5) is 4.01. The molecule has 2 aromatic rings. The first kappa shape index (κ1) is 10.4. The molecule has 0 saturated carbocycles. The monoisotopic (exact) mass is 285 g/mol. The van der Waals surface area contributed by atoms with Gasteiger partial charge in [0.15, 0.2) is 5.82 Å². The molecule has 4 nitrogen and oxygen atoms in total. The third kappa shape index (κ3) is 2.90. The summed E-state index contributed by atoms with van der Waals surface area (Å²) in [6.07, 6.45) is 0.